The van der Waals surface area contributed by atoms with E-state index in [2.05, 4.69) is 6.08 Å². The number of benzene rings is 2. The number of nitrogens with zero attached hydrogens (tertiary/aromatic N) is 1. The van der Waals surface area contributed by atoms with Crippen LogP contribution in [0.25, 0.3) is 0 Å². The Morgan fingerprint density at radius 2 is 2.07 bits per heavy atom. The molecule has 0 saturated carbocycles. The summed E-state index contributed by atoms with van der Waals surface area (Å²) in [6.07, 6.45) is 4.60. The van der Waals surface area contributed by atoms with Crippen molar-refractivity contribution in [3.63, 3.8) is 0 Å². The van der Waals surface area contributed by atoms with Crippen molar-refractivity contribution in [2.75, 3.05) is 13.7 Å². The lowest BCUT2D eigenvalue weighted by molar-refractivity contribution is 0.0671. The fraction of sp³-hybridized carbons (Fsp3) is 0.348. The van der Waals surface area contributed by atoms with Gasteiger partial charge in [-0.2, -0.15) is 0 Å². The van der Waals surface area contributed by atoms with E-state index in [4.69, 9.17) is 9.47 Å². The number of aliphatic hydroxyl groups excluding tert-OH is 1. The Balaban J connectivity index is 1.60. The van der Waals surface area contributed by atoms with Crippen molar-refractivity contribution in [2.45, 2.75) is 37.0 Å². The number of methoxy groups -OCH3 is 1. The second-order valence-corrected chi connectivity index (χ2v) is 7.78. The zero-order valence-electron chi connectivity index (χ0n) is 15.8. The minimum Gasteiger partial charge on any atom is -0.493 e. The summed E-state index contributed by atoms with van der Waals surface area (Å²) in [4.78, 5) is 15.0. The van der Waals surface area contributed by atoms with Gasteiger partial charge >= 0.3 is 0 Å². The van der Waals surface area contributed by atoms with E-state index < -0.39 is 6.10 Å². The Kier molecular flexibility index (Phi) is 3.95. The van der Waals surface area contributed by atoms with Crippen LogP contribution in [-0.2, 0) is 12.0 Å². The normalized spacial score (nSPS) is 27.4. The molecule has 2 aromatic carbocycles. The summed E-state index contributed by atoms with van der Waals surface area (Å²) < 4.78 is 11.9. The third-order valence-electron chi connectivity index (χ3n) is 6.26. The summed E-state index contributed by atoms with van der Waals surface area (Å²) in [5.74, 6) is 1.51. The van der Waals surface area contributed by atoms with Crippen molar-refractivity contribution in [2.24, 2.45) is 0 Å². The predicted octanol–water partition coefficient (Wildman–Crippen LogP) is 3.06. The highest BCUT2D eigenvalue weighted by Crippen LogP contribution is 2.55. The maximum absolute atomic E-state index is 13.1. The number of rotatable bonds is 2. The summed E-state index contributed by atoms with van der Waals surface area (Å²) in [5, 5.41) is 10.2. The smallest absolute Gasteiger partial charge is 0.254 e. The first-order valence-electron chi connectivity index (χ1n) is 9.71. The van der Waals surface area contributed by atoms with E-state index in [1.54, 1.807) is 7.11 Å². The van der Waals surface area contributed by atoms with E-state index in [0.717, 1.165) is 23.3 Å². The Morgan fingerprint density at radius 3 is 2.86 bits per heavy atom. The number of ether oxygens (including phenoxy) is 2. The summed E-state index contributed by atoms with van der Waals surface area (Å²) in [6.45, 7) is 1.17. The van der Waals surface area contributed by atoms with Crippen molar-refractivity contribution in [1.29, 1.82) is 0 Å². The average Bonchev–Trinajstić information content (AvgIpc) is 2.96. The van der Waals surface area contributed by atoms with Crippen LogP contribution >= 0.6 is 0 Å². The van der Waals surface area contributed by atoms with Crippen LogP contribution in [0.2, 0.25) is 0 Å². The fourth-order valence-electron chi connectivity index (χ4n) is 4.87. The molecule has 144 valence electrons. The van der Waals surface area contributed by atoms with Crippen molar-refractivity contribution in [3.05, 3.63) is 71.3 Å². The summed E-state index contributed by atoms with van der Waals surface area (Å²) in [5.41, 5.74) is 2.57. The van der Waals surface area contributed by atoms with Gasteiger partial charge in [-0.05, 0) is 30.2 Å². The van der Waals surface area contributed by atoms with Crippen LogP contribution in [-0.4, -0.2) is 41.8 Å². The standard InChI is InChI=1S/C23H23NO4/c1-27-18-8-7-16-14-24(22(26)15-5-3-2-4-6-15)12-11-23-10-9-17(25)13-19(23)28-21(18)20(16)23/h2-10,17,19,25H,11-14H2,1H3/t17?,19-,23-/m0/s1. The number of hydrogen-bond acceptors (Lipinski definition) is 4. The molecule has 1 aliphatic carbocycles. The minimum atomic E-state index is -0.510. The van der Waals surface area contributed by atoms with Crippen molar-refractivity contribution in [1.82, 2.24) is 4.90 Å². The van der Waals surface area contributed by atoms with E-state index in [1.165, 1.54) is 0 Å². The highest BCUT2D eigenvalue weighted by molar-refractivity contribution is 5.94. The Hall–Kier alpha value is -2.79. The van der Waals surface area contributed by atoms with E-state index in [-0.39, 0.29) is 17.4 Å². The highest BCUT2D eigenvalue weighted by Gasteiger charge is 2.53. The lowest BCUT2D eigenvalue weighted by Gasteiger charge is -2.35. The van der Waals surface area contributed by atoms with Crippen LogP contribution in [0, 0.1) is 0 Å². The quantitative estimate of drug-likeness (QED) is 0.818. The first-order valence-corrected chi connectivity index (χ1v) is 9.71. The predicted molar refractivity (Wildman–Crippen MR) is 105 cm³/mol. The molecule has 5 nitrogen and oxygen atoms in total. The molecule has 5 rings (SSSR count). The lowest BCUT2D eigenvalue weighted by atomic mass is 9.69. The molecule has 1 spiro atoms. The number of hydrogen-bond donors (Lipinski definition) is 1. The second kappa shape index (κ2) is 6.38. The third kappa shape index (κ3) is 2.46. The fourth-order valence-corrected chi connectivity index (χ4v) is 4.87. The summed E-state index contributed by atoms with van der Waals surface area (Å²) in [6, 6.07) is 13.4. The zero-order chi connectivity index (χ0) is 19.3. The first-order chi connectivity index (χ1) is 13.6. The second-order valence-electron chi connectivity index (χ2n) is 7.78. The van der Waals surface area contributed by atoms with Gasteiger partial charge in [0.05, 0.1) is 18.6 Å². The largest absolute Gasteiger partial charge is 0.493 e. The van der Waals surface area contributed by atoms with Gasteiger partial charge in [-0.15, -0.1) is 0 Å². The van der Waals surface area contributed by atoms with Gasteiger partial charge in [-0.3, -0.25) is 4.79 Å². The van der Waals surface area contributed by atoms with Crippen LogP contribution in [0.1, 0.15) is 34.3 Å². The van der Waals surface area contributed by atoms with Gasteiger partial charge in [-0.25, -0.2) is 0 Å². The molecule has 3 atom stereocenters. The van der Waals surface area contributed by atoms with Gasteiger partial charge < -0.3 is 19.5 Å². The molecule has 0 radical (unpaired) electrons. The maximum atomic E-state index is 13.1. The van der Waals surface area contributed by atoms with Crippen LogP contribution in [0.15, 0.2) is 54.6 Å². The Bertz CT molecular complexity index is 955. The summed E-state index contributed by atoms with van der Waals surface area (Å²) >= 11 is 0. The maximum Gasteiger partial charge on any atom is 0.254 e. The van der Waals surface area contributed by atoms with Gasteiger partial charge in [0.15, 0.2) is 11.5 Å². The van der Waals surface area contributed by atoms with E-state index in [9.17, 15) is 9.90 Å². The lowest BCUT2D eigenvalue weighted by Crippen LogP contribution is -2.43. The molecular formula is C23H23NO4. The molecule has 28 heavy (non-hydrogen) atoms. The third-order valence-corrected chi connectivity index (χ3v) is 6.26. The monoisotopic (exact) mass is 377 g/mol. The molecule has 1 unspecified atom stereocenters. The molecule has 1 N–H and O–H groups in total. The van der Waals surface area contributed by atoms with E-state index >= 15 is 0 Å². The van der Waals surface area contributed by atoms with Gasteiger partial charge in [-0.1, -0.05) is 36.4 Å². The van der Waals surface area contributed by atoms with E-state index in [0.29, 0.717) is 30.8 Å². The molecule has 0 saturated heterocycles. The van der Waals surface area contributed by atoms with Gasteiger partial charge in [0.2, 0.25) is 0 Å². The van der Waals surface area contributed by atoms with E-state index in [1.807, 2.05) is 53.4 Å². The SMILES string of the molecule is COc1ccc2c3c1O[C@H]1CC(O)C=C[C@@]31CCN(C(=O)c1ccccc1)C2. The molecule has 2 heterocycles. The minimum absolute atomic E-state index is 0.0406. The molecule has 3 aliphatic rings. The van der Waals surface area contributed by atoms with Gasteiger partial charge in [0.1, 0.15) is 6.10 Å². The van der Waals surface area contributed by atoms with Crippen LogP contribution < -0.4 is 9.47 Å². The molecular weight excluding hydrogens is 354 g/mol. The van der Waals surface area contributed by atoms with Crippen molar-refractivity contribution in [3.8, 4) is 11.5 Å². The molecule has 2 aliphatic heterocycles. The van der Waals surface area contributed by atoms with Crippen molar-refractivity contribution >= 4 is 5.91 Å². The Morgan fingerprint density at radius 1 is 1.25 bits per heavy atom. The molecule has 1 amide bonds. The van der Waals surface area contributed by atoms with Crippen molar-refractivity contribution < 1.29 is 19.4 Å². The highest BCUT2D eigenvalue weighted by atomic mass is 16.5. The molecule has 5 heteroatoms. The van der Waals surface area contributed by atoms with Crippen LogP contribution in [0.5, 0.6) is 11.5 Å². The Labute approximate surface area is 164 Å². The molecule has 0 fully saturated rings. The first kappa shape index (κ1) is 17.3. The average molecular weight is 377 g/mol. The molecule has 0 bridgehead atoms. The van der Waals surface area contributed by atoms with Crippen LogP contribution in [0.3, 0.4) is 0 Å². The topological polar surface area (TPSA) is 59.0 Å². The zero-order valence-corrected chi connectivity index (χ0v) is 15.8. The summed E-state index contributed by atoms with van der Waals surface area (Å²) in [7, 11) is 1.64. The number of carbonyl (C=O) groups is 1. The van der Waals surface area contributed by atoms with Gasteiger partial charge in [0, 0.05) is 30.6 Å². The molecule has 0 aromatic heterocycles. The van der Waals surface area contributed by atoms with Crippen LogP contribution in [0.4, 0.5) is 0 Å². The number of amides is 1. The number of carbonyl (C=O) groups excluding carboxylic acids is 1. The number of aliphatic hydroxyl groups is 1. The van der Waals surface area contributed by atoms with Gasteiger partial charge in [0.25, 0.3) is 5.91 Å². The molecule has 2 aromatic rings.